The molecule has 0 saturated heterocycles. The van der Waals surface area contributed by atoms with Crippen LogP contribution in [-0.2, 0) is 16.6 Å². The monoisotopic (exact) mass is 456 g/mol. The van der Waals surface area contributed by atoms with Crippen LogP contribution in [0.5, 0.6) is 5.75 Å². The van der Waals surface area contributed by atoms with E-state index in [1.807, 2.05) is 60.7 Å². The minimum Gasteiger partial charge on any atom is -0.487 e. The fourth-order valence-corrected chi connectivity index (χ4v) is 3.80. The summed E-state index contributed by atoms with van der Waals surface area (Å²) < 4.78 is 32.0. The Kier molecular flexibility index (Phi) is 8.24. The summed E-state index contributed by atoms with van der Waals surface area (Å²) in [6.07, 6.45) is 0.140. The fourth-order valence-electron chi connectivity index (χ4n) is 3.24. The van der Waals surface area contributed by atoms with Gasteiger partial charge in [0.1, 0.15) is 12.4 Å². The van der Waals surface area contributed by atoms with Crippen LogP contribution < -0.4 is 14.8 Å². The largest absolute Gasteiger partial charge is 0.487 e. The average molecular weight is 457 g/mol. The molecular formula is C24H28N2O5S. The number of sulfonamides is 1. The molecule has 0 aliphatic carbocycles. The Balaban J connectivity index is 1.73. The van der Waals surface area contributed by atoms with Crippen LogP contribution in [0.3, 0.4) is 0 Å². The van der Waals surface area contributed by atoms with Crippen LogP contribution in [-0.4, -0.2) is 38.0 Å². The summed E-state index contributed by atoms with van der Waals surface area (Å²) in [6.45, 7) is 0.324. The van der Waals surface area contributed by atoms with Crippen molar-refractivity contribution in [3.63, 3.8) is 0 Å². The lowest BCUT2D eigenvalue weighted by Crippen LogP contribution is -2.28. The molecule has 0 aliphatic rings. The fraction of sp³-hybridized carbons (Fsp3) is 0.250. The number of nitrogens with one attached hydrogen (secondary N) is 2. The lowest BCUT2D eigenvalue weighted by molar-refractivity contribution is 0.159. The van der Waals surface area contributed by atoms with Crippen molar-refractivity contribution in [3.05, 3.63) is 95.6 Å². The van der Waals surface area contributed by atoms with Crippen LogP contribution >= 0.6 is 0 Å². The molecule has 0 bridgehead atoms. The van der Waals surface area contributed by atoms with Gasteiger partial charge in [-0.15, -0.1) is 0 Å². The van der Waals surface area contributed by atoms with Crippen molar-refractivity contribution in [2.75, 3.05) is 24.1 Å². The summed E-state index contributed by atoms with van der Waals surface area (Å²) in [5.74, 6) is 0.362. The Labute approximate surface area is 188 Å². The van der Waals surface area contributed by atoms with Gasteiger partial charge in [-0.25, -0.2) is 8.42 Å². The Morgan fingerprint density at radius 2 is 1.59 bits per heavy atom. The van der Waals surface area contributed by atoms with Crippen LogP contribution in [0.2, 0.25) is 0 Å². The van der Waals surface area contributed by atoms with Crippen molar-refractivity contribution in [2.24, 2.45) is 0 Å². The average Bonchev–Trinajstić information content (AvgIpc) is 2.79. The van der Waals surface area contributed by atoms with Gasteiger partial charge in [0.25, 0.3) is 0 Å². The second-order valence-corrected chi connectivity index (χ2v) is 9.22. The van der Waals surface area contributed by atoms with Gasteiger partial charge in [0.15, 0.2) is 0 Å². The van der Waals surface area contributed by atoms with E-state index in [1.165, 1.54) is 0 Å². The summed E-state index contributed by atoms with van der Waals surface area (Å²) in [5.41, 5.74) is 2.62. The normalized spacial score (nSPS) is 13.3. The highest BCUT2D eigenvalue weighted by Gasteiger charge is 2.17. The SMILES string of the molecule is CS(=O)(=O)Nc1cc(C(O)CN[C@H](CO)c2ccccc2)ccc1OCc1ccccc1. The van der Waals surface area contributed by atoms with Crippen molar-refractivity contribution in [3.8, 4) is 5.75 Å². The van der Waals surface area contributed by atoms with Gasteiger partial charge in [0.05, 0.1) is 30.7 Å². The maximum absolute atomic E-state index is 11.8. The molecule has 1 unspecified atom stereocenters. The second-order valence-electron chi connectivity index (χ2n) is 7.47. The van der Waals surface area contributed by atoms with Crippen molar-refractivity contribution in [1.29, 1.82) is 0 Å². The molecule has 2 atom stereocenters. The van der Waals surface area contributed by atoms with Gasteiger partial charge < -0.3 is 20.3 Å². The van der Waals surface area contributed by atoms with Crippen LogP contribution in [0.1, 0.15) is 28.8 Å². The highest BCUT2D eigenvalue weighted by atomic mass is 32.2. The van der Waals surface area contributed by atoms with E-state index in [2.05, 4.69) is 10.0 Å². The van der Waals surface area contributed by atoms with E-state index in [0.717, 1.165) is 17.4 Å². The minimum atomic E-state index is -3.55. The summed E-state index contributed by atoms with van der Waals surface area (Å²) in [4.78, 5) is 0. The number of aliphatic hydroxyl groups excluding tert-OH is 2. The van der Waals surface area contributed by atoms with Gasteiger partial charge >= 0.3 is 0 Å². The van der Waals surface area contributed by atoms with Crippen LogP contribution in [0, 0.1) is 0 Å². The van der Waals surface area contributed by atoms with Crippen LogP contribution in [0.25, 0.3) is 0 Å². The molecule has 0 amide bonds. The van der Waals surface area contributed by atoms with Gasteiger partial charge in [0, 0.05) is 6.54 Å². The zero-order valence-electron chi connectivity index (χ0n) is 17.8. The molecule has 170 valence electrons. The van der Waals surface area contributed by atoms with Crippen molar-refractivity contribution < 1.29 is 23.4 Å². The number of aliphatic hydroxyl groups is 2. The molecule has 3 rings (SSSR count). The van der Waals surface area contributed by atoms with E-state index >= 15 is 0 Å². The molecule has 4 N–H and O–H groups in total. The van der Waals surface area contributed by atoms with Crippen LogP contribution in [0.15, 0.2) is 78.9 Å². The first kappa shape index (κ1) is 23.7. The summed E-state index contributed by atoms with van der Waals surface area (Å²) in [5, 5.41) is 23.5. The number of anilines is 1. The maximum atomic E-state index is 11.8. The predicted molar refractivity (Wildman–Crippen MR) is 125 cm³/mol. The highest BCUT2D eigenvalue weighted by Crippen LogP contribution is 2.30. The third-order valence-electron chi connectivity index (χ3n) is 4.86. The zero-order chi connectivity index (χ0) is 23.0. The van der Waals surface area contributed by atoms with E-state index < -0.39 is 16.1 Å². The van der Waals surface area contributed by atoms with E-state index in [9.17, 15) is 18.6 Å². The van der Waals surface area contributed by atoms with E-state index in [0.29, 0.717) is 11.3 Å². The number of hydrogen-bond acceptors (Lipinski definition) is 6. The maximum Gasteiger partial charge on any atom is 0.229 e. The number of benzene rings is 3. The van der Waals surface area contributed by atoms with Gasteiger partial charge in [-0.05, 0) is 28.8 Å². The first-order valence-electron chi connectivity index (χ1n) is 10.2. The first-order valence-corrected chi connectivity index (χ1v) is 12.1. The quantitative estimate of drug-likeness (QED) is 0.353. The van der Waals surface area contributed by atoms with Crippen molar-refractivity contribution in [2.45, 2.75) is 18.8 Å². The Hall–Kier alpha value is -2.91. The van der Waals surface area contributed by atoms with E-state index in [1.54, 1.807) is 18.2 Å². The van der Waals surface area contributed by atoms with Gasteiger partial charge in [-0.2, -0.15) is 0 Å². The molecule has 8 heteroatoms. The number of ether oxygens (including phenoxy) is 1. The molecule has 32 heavy (non-hydrogen) atoms. The lowest BCUT2D eigenvalue weighted by atomic mass is 10.1. The molecule has 0 saturated carbocycles. The number of rotatable bonds is 11. The van der Waals surface area contributed by atoms with E-state index in [-0.39, 0.29) is 31.5 Å². The zero-order valence-corrected chi connectivity index (χ0v) is 18.6. The summed E-state index contributed by atoms with van der Waals surface area (Å²) in [6, 6.07) is 23.5. The molecule has 0 aromatic heterocycles. The molecule has 0 heterocycles. The molecular weight excluding hydrogens is 428 g/mol. The standard InChI is InChI=1S/C24H28N2O5S/c1-32(29,30)26-21-14-20(12-13-24(21)31-17-18-8-4-2-5-9-18)23(28)15-25-22(16-27)19-10-6-3-7-11-19/h2-14,22-23,25-28H,15-17H2,1H3/t22-,23?/m1/s1. The van der Waals surface area contributed by atoms with E-state index in [4.69, 9.17) is 4.74 Å². The molecule has 0 spiro atoms. The van der Waals surface area contributed by atoms with Gasteiger partial charge in [-0.1, -0.05) is 66.7 Å². The van der Waals surface area contributed by atoms with Crippen molar-refractivity contribution >= 4 is 15.7 Å². The van der Waals surface area contributed by atoms with Crippen LogP contribution in [0.4, 0.5) is 5.69 Å². The lowest BCUT2D eigenvalue weighted by Gasteiger charge is -2.21. The summed E-state index contributed by atoms with van der Waals surface area (Å²) >= 11 is 0. The highest BCUT2D eigenvalue weighted by molar-refractivity contribution is 7.92. The van der Waals surface area contributed by atoms with Gasteiger partial charge in [-0.3, -0.25) is 4.72 Å². The first-order chi connectivity index (χ1) is 15.4. The Morgan fingerprint density at radius 1 is 0.938 bits per heavy atom. The predicted octanol–water partition coefficient (Wildman–Crippen LogP) is 2.99. The molecule has 0 radical (unpaired) electrons. The molecule has 3 aromatic rings. The Morgan fingerprint density at radius 3 is 2.22 bits per heavy atom. The molecule has 3 aromatic carbocycles. The third-order valence-corrected chi connectivity index (χ3v) is 5.45. The van der Waals surface area contributed by atoms with Gasteiger partial charge in [0.2, 0.25) is 10.0 Å². The number of hydrogen-bond donors (Lipinski definition) is 4. The molecule has 0 fully saturated rings. The summed E-state index contributed by atoms with van der Waals surface area (Å²) in [7, 11) is -3.55. The smallest absolute Gasteiger partial charge is 0.229 e. The second kappa shape index (κ2) is 11.1. The molecule has 7 nitrogen and oxygen atoms in total. The Bertz CT molecular complexity index is 1090. The topological polar surface area (TPSA) is 108 Å². The third kappa shape index (κ3) is 7.06. The minimum absolute atomic E-state index is 0.121. The van der Waals surface area contributed by atoms with Crippen molar-refractivity contribution in [1.82, 2.24) is 5.32 Å². The molecule has 0 aliphatic heterocycles.